The monoisotopic (exact) mass is 398 g/mol. The molecule has 2 atom stereocenters. The fourth-order valence-corrected chi connectivity index (χ4v) is 4.44. The smallest absolute Gasteiger partial charge is 0.0122 e. The molecule has 0 N–H and O–H groups in total. The second kappa shape index (κ2) is 15.5. The van der Waals surface area contributed by atoms with Crippen LogP contribution in [0.2, 0.25) is 0 Å². The Balaban J connectivity index is 0.00000133. The summed E-state index contributed by atoms with van der Waals surface area (Å²) >= 11 is 0. The van der Waals surface area contributed by atoms with E-state index in [1.807, 2.05) is 0 Å². The van der Waals surface area contributed by atoms with Crippen LogP contribution in [0.4, 0.5) is 0 Å². The molecule has 0 amide bonds. The molecule has 0 radical (unpaired) electrons. The summed E-state index contributed by atoms with van der Waals surface area (Å²) in [6.07, 6.45) is 13.8. The summed E-state index contributed by atoms with van der Waals surface area (Å²) in [5.41, 5.74) is 7.36. The van der Waals surface area contributed by atoms with Gasteiger partial charge in [0, 0.05) is 0 Å². The molecule has 0 spiro atoms. The number of hydrogen-bond donors (Lipinski definition) is 0. The van der Waals surface area contributed by atoms with Crippen LogP contribution in [0.25, 0.3) is 5.57 Å². The average molecular weight is 399 g/mol. The molecular weight excluding hydrogens is 355 g/mol. The molecular formula is C27H43P. The van der Waals surface area contributed by atoms with Gasteiger partial charge in [0.05, 0.1) is 0 Å². The van der Waals surface area contributed by atoms with Crippen LogP contribution in [0.5, 0.6) is 0 Å². The van der Waals surface area contributed by atoms with Crippen LogP contribution in [-0.4, -0.2) is 6.66 Å². The van der Waals surface area contributed by atoms with Gasteiger partial charge in [0.15, 0.2) is 0 Å². The molecule has 1 aromatic carbocycles. The second-order valence-corrected chi connectivity index (χ2v) is 8.38. The third-order valence-electron chi connectivity index (χ3n) is 4.78. The molecule has 1 aliphatic rings. The maximum Gasteiger partial charge on any atom is -0.0122 e. The van der Waals surface area contributed by atoms with Gasteiger partial charge in [-0.25, -0.2) is 0 Å². The molecule has 2 unspecified atom stereocenters. The fraction of sp³-hybridized carbons (Fsp3) is 0.481. The first-order chi connectivity index (χ1) is 13.5. The van der Waals surface area contributed by atoms with Gasteiger partial charge in [-0.1, -0.05) is 91.6 Å². The summed E-state index contributed by atoms with van der Waals surface area (Å²) < 4.78 is 0. The van der Waals surface area contributed by atoms with Crippen molar-refractivity contribution >= 4 is 19.5 Å². The van der Waals surface area contributed by atoms with Gasteiger partial charge in [-0.15, -0.1) is 13.2 Å². The number of rotatable bonds is 6. The lowest BCUT2D eigenvalue weighted by Crippen LogP contribution is -2.20. The van der Waals surface area contributed by atoms with Gasteiger partial charge in [-0.2, -0.15) is 0 Å². The first kappa shape index (κ1) is 26.6. The van der Waals surface area contributed by atoms with Crippen molar-refractivity contribution in [2.75, 3.05) is 6.66 Å². The highest BCUT2D eigenvalue weighted by molar-refractivity contribution is 7.46. The Hall–Kier alpha value is -1.39. The van der Waals surface area contributed by atoms with E-state index >= 15 is 0 Å². The predicted octanol–water partition coefficient (Wildman–Crippen LogP) is 8.28. The standard InChI is InChI=1S/C22H31P.C3H8.C2H4/c1-6-8-9-11-16(3)19-12-17(4)22-20(15-19)13-18(10-7-2)14-21(22)23-5;1-3-2;1-2/h8-9,11,13-14,19,23H,4,6-7,10,12,15H2,1-3,5H3;3H2,1-2H3;1-2H2/b9-8-,16-11+;;. The van der Waals surface area contributed by atoms with Crippen LogP contribution in [-0.2, 0) is 12.8 Å². The Kier molecular flexibility index (Phi) is 14.8. The zero-order chi connectivity index (χ0) is 21.5. The first-order valence-electron chi connectivity index (χ1n) is 10.9. The minimum absolute atomic E-state index is 0.612. The highest BCUT2D eigenvalue weighted by Gasteiger charge is 2.24. The van der Waals surface area contributed by atoms with Crippen molar-refractivity contribution in [3.63, 3.8) is 0 Å². The Morgan fingerprint density at radius 1 is 1.14 bits per heavy atom. The van der Waals surface area contributed by atoms with Crippen molar-refractivity contribution in [3.05, 3.63) is 72.4 Å². The molecule has 0 aromatic heterocycles. The Labute approximate surface area is 177 Å². The largest absolute Gasteiger partial charge is 0.106 e. The van der Waals surface area contributed by atoms with Crippen molar-refractivity contribution in [1.82, 2.24) is 0 Å². The van der Waals surface area contributed by atoms with E-state index in [0.29, 0.717) is 5.92 Å². The SMILES string of the molecule is C=C.C=C1CC(/C(C)=C/C=C\CC)Cc2cc(CCC)cc(PC)c21.CCC. The van der Waals surface area contributed by atoms with Crippen molar-refractivity contribution in [2.45, 2.75) is 73.1 Å². The van der Waals surface area contributed by atoms with Crippen LogP contribution in [0, 0.1) is 5.92 Å². The van der Waals surface area contributed by atoms with E-state index in [9.17, 15) is 0 Å². The van der Waals surface area contributed by atoms with Gasteiger partial charge in [0.25, 0.3) is 0 Å². The zero-order valence-corrected chi connectivity index (χ0v) is 20.3. The van der Waals surface area contributed by atoms with Crippen LogP contribution in [0.15, 0.2) is 55.7 Å². The number of aryl methyl sites for hydroxylation is 1. The quantitative estimate of drug-likeness (QED) is 0.257. The van der Waals surface area contributed by atoms with E-state index in [1.54, 1.807) is 0 Å². The molecule has 28 heavy (non-hydrogen) atoms. The molecule has 156 valence electrons. The lowest BCUT2D eigenvalue weighted by atomic mass is 9.77. The number of hydrogen-bond acceptors (Lipinski definition) is 0. The summed E-state index contributed by atoms with van der Waals surface area (Å²) in [7, 11) is 0.856. The van der Waals surface area contributed by atoms with Crippen LogP contribution >= 0.6 is 8.58 Å². The van der Waals surface area contributed by atoms with Gasteiger partial charge in [-0.05, 0) is 72.8 Å². The normalized spacial score (nSPS) is 16.4. The molecule has 1 heteroatoms. The van der Waals surface area contributed by atoms with E-state index in [0.717, 1.165) is 21.4 Å². The number of allylic oxidation sites excluding steroid dienone is 5. The lowest BCUT2D eigenvalue weighted by molar-refractivity contribution is 0.611. The number of benzene rings is 1. The highest BCUT2D eigenvalue weighted by atomic mass is 31.1. The summed E-state index contributed by atoms with van der Waals surface area (Å²) in [4.78, 5) is 0. The minimum Gasteiger partial charge on any atom is -0.106 e. The summed E-state index contributed by atoms with van der Waals surface area (Å²) in [6, 6.07) is 4.88. The van der Waals surface area contributed by atoms with Crippen LogP contribution in [0.1, 0.15) is 77.0 Å². The van der Waals surface area contributed by atoms with Gasteiger partial charge in [0.1, 0.15) is 0 Å². The topological polar surface area (TPSA) is 0 Å². The zero-order valence-electron chi connectivity index (χ0n) is 19.3. The van der Waals surface area contributed by atoms with E-state index in [-0.39, 0.29) is 0 Å². The highest BCUT2D eigenvalue weighted by Crippen LogP contribution is 2.37. The summed E-state index contributed by atoms with van der Waals surface area (Å²) in [5, 5.41) is 1.53. The molecule has 2 rings (SSSR count). The molecule has 0 saturated carbocycles. The maximum absolute atomic E-state index is 4.43. The van der Waals surface area contributed by atoms with Gasteiger partial charge in [-0.3, -0.25) is 0 Å². The Bertz CT molecular complexity index is 648. The third kappa shape index (κ3) is 8.32. The summed E-state index contributed by atoms with van der Waals surface area (Å²) in [5.74, 6) is 0.612. The van der Waals surface area contributed by atoms with Crippen molar-refractivity contribution in [2.24, 2.45) is 5.92 Å². The molecule has 0 aliphatic heterocycles. The minimum atomic E-state index is 0.612. The van der Waals surface area contributed by atoms with Crippen molar-refractivity contribution < 1.29 is 0 Å². The van der Waals surface area contributed by atoms with Gasteiger partial charge in [0.2, 0.25) is 0 Å². The predicted molar refractivity (Wildman–Crippen MR) is 136 cm³/mol. The third-order valence-corrected chi connectivity index (χ3v) is 5.71. The molecule has 1 aliphatic carbocycles. The van der Waals surface area contributed by atoms with Gasteiger partial charge < -0.3 is 0 Å². The van der Waals surface area contributed by atoms with E-state index in [2.05, 4.69) is 91.4 Å². The second-order valence-electron chi connectivity index (χ2n) is 7.34. The molecule has 0 fully saturated rings. The molecule has 0 nitrogen and oxygen atoms in total. The van der Waals surface area contributed by atoms with E-state index < -0.39 is 0 Å². The van der Waals surface area contributed by atoms with Crippen LogP contribution < -0.4 is 5.30 Å². The lowest BCUT2D eigenvalue weighted by Gasteiger charge is -2.29. The Morgan fingerprint density at radius 2 is 1.79 bits per heavy atom. The molecule has 0 heterocycles. The van der Waals surface area contributed by atoms with Crippen molar-refractivity contribution in [1.29, 1.82) is 0 Å². The number of fused-ring (bicyclic) bond motifs is 1. The molecule has 0 saturated heterocycles. The maximum atomic E-state index is 4.43. The van der Waals surface area contributed by atoms with Gasteiger partial charge >= 0.3 is 0 Å². The molecule has 0 bridgehead atoms. The Morgan fingerprint density at radius 3 is 2.32 bits per heavy atom. The molecule has 1 aromatic rings. The van der Waals surface area contributed by atoms with E-state index in [1.165, 1.54) is 58.8 Å². The van der Waals surface area contributed by atoms with Crippen molar-refractivity contribution in [3.8, 4) is 0 Å². The first-order valence-corrected chi connectivity index (χ1v) is 12.4. The summed E-state index contributed by atoms with van der Waals surface area (Å²) in [6.45, 7) is 23.7. The van der Waals surface area contributed by atoms with E-state index in [4.69, 9.17) is 0 Å². The fourth-order valence-electron chi connectivity index (χ4n) is 3.53. The van der Waals surface area contributed by atoms with Crippen LogP contribution in [0.3, 0.4) is 0 Å². The average Bonchev–Trinajstić information content (AvgIpc) is 2.69.